The van der Waals surface area contributed by atoms with E-state index in [1.165, 1.54) is 6.07 Å². The van der Waals surface area contributed by atoms with Crippen LogP contribution in [0.15, 0.2) is 45.7 Å². The summed E-state index contributed by atoms with van der Waals surface area (Å²) in [6, 6.07) is 4.74. The third-order valence-electron chi connectivity index (χ3n) is 5.65. The number of ether oxygens (including phenoxy) is 1. The van der Waals surface area contributed by atoms with Gasteiger partial charge in [0, 0.05) is 42.4 Å². The first-order valence-electron chi connectivity index (χ1n) is 9.50. The van der Waals surface area contributed by atoms with E-state index in [2.05, 4.69) is 21.2 Å². The minimum Gasteiger partial charge on any atom is -0.378 e. The van der Waals surface area contributed by atoms with E-state index >= 15 is 0 Å². The van der Waals surface area contributed by atoms with Gasteiger partial charge in [0.15, 0.2) is 0 Å². The number of fused-ring (bicyclic) bond motifs is 1. The van der Waals surface area contributed by atoms with Crippen LogP contribution >= 0.6 is 15.9 Å². The molecule has 1 amide bonds. The molecule has 1 aromatic carbocycles. The maximum absolute atomic E-state index is 13.9. The fourth-order valence-corrected chi connectivity index (χ4v) is 4.70. The van der Waals surface area contributed by atoms with Gasteiger partial charge in [-0.15, -0.1) is 0 Å². The lowest BCUT2D eigenvalue weighted by Crippen LogP contribution is -2.47. The Labute approximate surface area is 171 Å². The molecule has 0 bridgehead atoms. The third-order valence-corrected chi connectivity index (χ3v) is 6.26. The van der Waals surface area contributed by atoms with Crippen molar-refractivity contribution >= 4 is 27.6 Å². The number of amides is 1. The highest BCUT2D eigenvalue weighted by molar-refractivity contribution is 9.10. The lowest BCUT2D eigenvalue weighted by atomic mass is 9.70. The normalized spacial score (nSPS) is 25.2. The molecule has 4 rings (SSSR count). The number of rotatable bonds is 2. The zero-order valence-corrected chi connectivity index (χ0v) is 17.2. The van der Waals surface area contributed by atoms with E-state index in [1.54, 1.807) is 17.0 Å². The molecule has 1 aromatic rings. The predicted molar refractivity (Wildman–Crippen MR) is 106 cm³/mol. The summed E-state index contributed by atoms with van der Waals surface area (Å²) in [5.41, 5.74) is 2.94. The number of ketones is 1. The fourth-order valence-electron chi connectivity index (χ4n) is 4.30. The average Bonchev–Trinajstić information content (AvgIpc) is 2.69. The molecule has 5 nitrogen and oxygen atoms in total. The highest BCUT2D eigenvalue weighted by atomic mass is 79.9. The Hall–Kier alpha value is -1.99. The topological polar surface area (TPSA) is 58.6 Å². The van der Waals surface area contributed by atoms with Crippen molar-refractivity contribution in [3.63, 3.8) is 0 Å². The summed E-state index contributed by atoms with van der Waals surface area (Å²) in [7, 11) is 0. The van der Waals surface area contributed by atoms with Gasteiger partial charge in [0.1, 0.15) is 11.6 Å². The van der Waals surface area contributed by atoms with E-state index in [0.717, 1.165) is 17.0 Å². The van der Waals surface area contributed by atoms with Crippen molar-refractivity contribution in [2.75, 3.05) is 26.3 Å². The first-order chi connectivity index (χ1) is 13.5. The van der Waals surface area contributed by atoms with Crippen LogP contribution in [-0.2, 0) is 14.3 Å². The molecule has 0 radical (unpaired) electrons. The zero-order valence-electron chi connectivity index (χ0n) is 15.6. The summed E-state index contributed by atoms with van der Waals surface area (Å²) in [5, 5.41) is 3.30. The molecule has 2 atom stereocenters. The van der Waals surface area contributed by atoms with Crippen molar-refractivity contribution in [3.8, 4) is 0 Å². The van der Waals surface area contributed by atoms with Gasteiger partial charge in [0.05, 0.1) is 23.6 Å². The molecule has 1 fully saturated rings. The first kappa shape index (κ1) is 19.3. The summed E-state index contributed by atoms with van der Waals surface area (Å²) in [5.74, 6) is -1.24. The predicted octanol–water partition coefficient (Wildman–Crippen LogP) is 3.27. The highest BCUT2D eigenvalue weighted by Crippen LogP contribution is 2.44. The molecule has 0 aromatic heterocycles. The standard InChI is InChI=1S/C21H22BrFN2O3/c1-12-18(21(27)25-7-9-28-10-8-25)19(13-5-6-15(23)14(22)11-13)20-16(24-12)3-2-4-17(20)26/h3,5-6,11,19-20,24H,2,4,7-10H2,1H3. The number of morpholine rings is 1. The molecule has 2 heterocycles. The second kappa shape index (κ2) is 7.79. The molecule has 1 aliphatic carbocycles. The van der Waals surface area contributed by atoms with Crippen LogP contribution in [0, 0.1) is 11.7 Å². The van der Waals surface area contributed by atoms with Crippen LogP contribution in [-0.4, -0.2) is 42.9 Å². The van der Waals surface area contributed by atoms with Crippen LogP contribution in [0.5, 0.6) is 0 Å². The Morgan fingerprint density at radius 1 is 1.29 bits per heavy atom. The van der Waals surface area contributed by atoms with E-state index in [4.69, 9.17) is 4.74 Å². The number of allylic oxidation sites excluding steroid dienone is 3. The van der Waals surface area contributed by atoms with Gasteiger partial charge in [-0.1, -0.05) is 12.1 Å². The average molecular weight is 449 g/mol. The van der Waals surface area contributed by atoms with E-state index in [9.17, 15) is 14.0 Å². The molecule has 0 saturated carbocycles. The van der Waals surface area contributed by atoms with Crippen molar-refractivity contribution < 1.29 is 18.7 Å². The quantitative estimate of drug-likeness (QED) is 0.753. The summed E-state index contributed by atoms with van der Waals surface area (Å²) in [6.07, 6.45) is 3.18. The van der Waals surface area contributed by atoms with Crippen molar-refractivity contribution in [1.29, 1.82) is 0 Å². The summed E-state index contributed by atoms with van der Waals surface area (Å²) in [4.78, 5) is 28.1. The van der Waals surface area contributed by atoms with Crippen LogP contribution in [0.3, 0.4) is 0 Å². The Morgan fingerprint density at radius 2 is 2.04 bits per heavy atom. The lowest BCUT2D eigenvalue weighted by Gasteiger charge is -2.40. The molecule has 2 aliphatic heterocycles. The second-order valence-corrected chi connectivity index (χ2v) is 8.22. The lowest BCUT2D eigenvalue weighted by molar-refractivity contribution is -0.132. The number of carbonyl (C=O) groups is 2. The Bertz CT molecular complexity index is 890. The third kappa shape index (κ3) is 3.42. The zero-order chi connectivity index (χ0) is 19.8. The molecule has 1 N–H and O–H groups in total. The fraction of sp³-hybridized carbons (Fsp3) is 0.429. The maximum Gasteiger partial charge on any atom is 0.252 e. The molecule has 148 valence electrons. The van der Waals surface area contributed by atoms with Crippen LogP contribution in [0.1, 0.15) is 31.2 Å². The summed E-state index contributed by atoms with van der Waals surface area (Å²) < 4.78 is 19.6. The number of hydrogen-bond donors (Lipinski definition) is 1. The number of nitrogens with one attached hydrogen (secondary N) is 1. The Kier molecular flexibility index (Phi) is 5.38. The van der Waals surface area contributed by atoms with E-state index in [1.807, 2.05) is 13.0 Å². The van der Waals surface area contributed by atoms with Crippen molar-refractivity contribution in [2.24, 2.45) is 5.92 Å². The van der Waals surface area contributed by atoms with Crippen molar-refractivity contribution in [3.05, 3.63) is 57.1 Å². The first-order valence-corrected chi connectivity index (χ1v) is 10.3. The van der Waals surface area contributed by atoms with Gasteiger partial charge in [0.2, 0.25) is 0 Å². The van der Waals surface area contributed by atoms with Gasteiger partial charge >= 0.3 is 0 Å². The minimum atomic E-state index is -0.449. The SMILES string of the molecule is CC1=C(C(=O)N2CCOCC2)C(c2ccc(F)c(Br)c2)C2C(=O)CCC=C2N1. The van der Waals surface area contributed by atoms with Crippen LogP contribution in [0.4, 0.5) is 4.39 Å². The van der Waals surface area contributed by atoms with Gasteiger partial charge in [-0.2, -0.15) is 0 Å². The maximum atomic E-state index is 13.9. The van der Waals surface area contributed by atoms with Gasteiger partial charge in [-0.25, -0.2) is 4.39 Å². The molecule has 0 spiro atoms. The molecular formula is C21H22BrFN2O3. The smallest absolute Gasteiger partial charge is 0.252 e. The van der Waals surface area contributed by atoms with Crippen LogP contribution < -0.4 is 5.32 Å². The van der Waals surface area contributed by atoms with Gasteiger partial charge in [0.25, 0.3) is 5.91 Å². The number of halogens is 2. The van der Waals surface area contributed by atoms with Crippen molar-refractivity contribution in [2.45, 2.75) is 25.7 Å². The van der Waals surface area contributed by atoms with Crippen LogP contribution in [0.25, 0.3) is 0 Å². The molecule has 2 unspecified atom stereocenters. The summed E-state index contributed by atoms with van der Waals surface area (Å²) >= 11 is 3.25. The summed E-state index contributed by atoms with van der Waals surface area (Å²) in [6.45, 7) is 3.93. The molecular weight excluding hydrogens is 427 g/mol. The van der Waals surface area contributed by atoms with Crippen molar-refractivity contribution in [1.82, 2.24) is 10.2 Å². The minimum absolute atomic E-state index is 0.0869. The van der Waals surface area contributed by atoms with E-state index in [0.29, 0.717) is 49.2 Å². The molecule has 7 heteroatoms. The molecule has 28 heavy (non-hydrogen) atoms. The van der Waals surface area contributed by atoms with Gasteiger partial charge < -0.3 is 15.0 Å². The number of carbonyl (C=O) groups excluding carboxylic acids is 2. The number of hydrogen-bond acceptors (Lipinski definition) is 4. The second-order valence-electron chi connectivity index (χ2n) is 7.36. The molecule has 1 saturated heterocycles. The number of nitrogens with zero attached hydrogens (tertiary/aromatic N) is 1. The largest absolute Gasteiger partial charge is 0.378 e. The Balaban J connectivity index is 1.83. The van der Waals surface area contributed by atoms with E-state index in [-0.39, 0.29) is 17.5 Å². The number of Topliss-reactive ketones (excluding diaryl/α,β-unsaturated/α-hetero) is 1. The van der Waals surface area contributed by atoms with Gasteiger partial charge in [-0.3, -0.25) is 9.59 Å². The van der Waals surface area contributed by atoms with E-state index < -0.39 is 11.8 Å². The van der Waals surface area contributed by atoms with Gasteiger partial charge in [-0.05, 0) is 47.0 Å². The van der Waals surface area contributed by atoms with Crippen LogP contribution in [0.2, 0.25) is 0 Å². The highest BCUT2D eigenvalue weighted by Gasteiger charge is 2.43. The number of benzene rings is 1. The monoisotopic (exact) mass is 448 g/mol. The Morgan fingerprint density at radius 3 is 2.75 bits per heavy atom. The molecule has 3 aliphatic rings.